The molecule has 1 unspecified atom stereocenters. The molecule has 32 heavy (non-hydrogen) atoms. The smallest absolute Gasteiger partial charge is 0.264 e. The van der Waals surface area contributed by atoms with Crippen molar-refractivity contribution in [2.45, 2.75) is 17.4 Å². The molecule has 0 amide bonds. The van der Waals surface area contributed by atoms with Gasteiger partial charge in [0.05, 0.1) is 28.8 Å². The number of aromatic nitrogens is 1. The second-order valence-corrected chi connectivity index (χ2v) is 9.49. The molecule has 2 N–H and O–H groups in total. The van der Waals surface area contributed by atoms with Crippen molar-refractivity contribution in [3.63, 3.8) is 0 Å². The van der Waals surface area contributed by atoms with Crippen LogP contribution in [0.2, 0.25) is 0 Å². The third-order valence-electron chi connectivity index (χ3n) is 5.42. The van der Waals surface area contributed by atoms with Crippen molar-refractivity contribution in [3.8, 4) is 5.69 Å². The number of para-hydroxylation sites is 1. The molecular weight excluding hydrogens is 431 g/mol. The number of halogens is 1. The molecule has 166 valence electrons. The first-order valence-electron chi connectivity index (χ1n) is 10.0. The summed E-state index contributed by atoms with van der Waals surface area (Å²) in [6.07, 6.45) is 1.33. The Morgan fingerprint density at radius 3 is 2.31 bits per heavy atom. The number of aliphatic hydroxyl groups excluding tert-OH is 2. The number of hydrogen-bond donors (Lipinski definition) is 2. The quantitative estimate of drug-likeness (QED) is 0.448. The molecule has 0 aliphatic carbocycles. The average Bonchev–Trinajstić information content (AvgIpc) is 3.17. The van der Waals surface area contributed by atoms with Crippen molar-refractivity contribution < 1.29 is 23.0 Å². The largest absolute Gasteiger partial charge is 0.394 e. The summed E-state index contributed by atoms with van der Waals surface area (Å²) in [7, 11) is -2.39. The van der Waals surface area contributed by atoms with E-state index in [1.165, 1.54) is 43.4 Å². The fourth-order valence-electron chi connectivity index (χ4n) is 3.67. The van der Waals surface area contributed by atoms with Gasteiger partial charge in [-0.3, -0.25) is 4.31 Å². The van der Waals surface area contributed by atoms with E-state index >= 15 is 0 Å². The van der Waals surface area contributed by atoms with E-state index in [0.717, 1.165) is 26.5 Å². The molecule has 1 heterocycles. The number of rotatable bonds is 7. The highest BCUT2D eigenvalue weighted by Gasteiger charge is 2.21. The van der Waals surface area contributed by atoms with Crippen LogP contribution in [0.5, 0.6) is 0 Å². The van der Waals surface area contributed by atoms with Crippen LogP contribution in [0.1, 0.15) is 5.56 Å². The number of benzene rings is 3. The lowest BCUT2D eigenvalue weighted by Crippen LogP contribution is -2.26. The molecule has 1 atom stereocenters. The van der Waals surface area contributed by atoms with Gasteiger partial charge in [0.15, 0.2) is 0 Å². The van der Waals surface area contributed by atoms with Crippen LogP contribution in [0.3, 0.4) is 0 Å². The molecular formula is C24H23FN2O4S. The zero-order valence-electron chi connectivity index (χ0n) is 17.4. The molecule has 4 aromatic rings. The molecule has 1 aromatic heterocycles. The Kier molecular flexibility index (Phi) is 6.01. The molecule has 0 aliphatic heterocycles. The van der Waals surface area contributed by atoms with Crippen molar-refractivity contribution >= 4 is 26.6 Å². The Hall–Kier alpha value is -3.20. The number of anilines is 1. The van der Waals surface area contributed by atoms with E-state index in [9.17, 15) is 23.0 Å². The second-order valence-electron chi connectivity index (χ2n) is 7.52. The minimum absolute atomic E-state index is 0.112. The maximum atomic E-state index is 13.2. The lowest BCUT2D eigenvalue weighted by molar-refractivity contribution is 0.0957. The van der Waals surface area contributed by atoms with E-state index in [-0.39, 0.29) is 11.5 Å². The van der Waals surface area contributed by atoms with Gasteiger partial charge in [-0.05, 0) is 60.2 Å². The first kappa shape index (κ1) is 22.0. The van der Waals surface area contributed by atoms with Gasteiger partial charge in [0, 0.05) is 30.7 Å². The predicted octanol–water partition coefficient (Wildman–Crippen LogP) is 3.49. The summed E-state index contributed by atoms with van der Waals surface area (Å²) in [5.41, 5.74) is 2.91. The summed E-state index contributed by atoms with van der Waals surface area (Å²) < 4.78 is 42.2. The van der Waals surface area contributed by atoms with Gasteiger partial charge in [0.1, 0.15) is 5.82 Å². The zero-order chi connectivity index (χ0) is 22.9. The fourth-order valence-corrected chi connectivity index (χ4v) is 4.87. The fraction of sp³-hybridized carbons (Fsp3) is 0.167. The van der Waals surface area contributed by atoms with E-state index < -0.39 is 21.9 Å². The maximum absolute atomic E-state index is 13.2. The van der Waals surface area contributed by atoms with Crippen molar-refractivity contribution in [2.24, 2.45) is 0 Å². The Balaban J connectivity index is 1.68. The van der Waals surface area contributed by atoms with E-state index in [2.05, 4.69) is 0 Å². The molecule has 0 spiro atoms. The van der Waals surface area contributed by atoms with Gasteiger partial charge >= 0.3 is 0 Å². The highest BCUT2D eigenvalue weighted by Crippen LogP contribution is 2.28. The Morgan fingerprint density at radius 1 is 1.00 bits per heavy atom. The minimum Gasteiger partial charge on any atom is -0.394 e. The van der Waals surface area contributed by atoms with Crippen LogP contribution in [-0.2, 0) is 16.4 Å². The number of aliphatic hydroxyl groups is 2. The highest BCUT2D eigenvalue weighted by molar-refractivity contribution is 7.92. The van der Waals surface area contributed by atoms with E-state index in [1.54, 1.807) is 12.1 Å². The molecule has 0 radical (unpaired) electrons. The molecule has 0 fully saturated rings. The van der Waals surface area contributed by atoms with E-state index in [0.29, 0.717) is 12.1 Å². The van der Waals surface area contributed by atoms with Crippen molar-refractivity contribution in [2.75, 3.05) is 18.0 Å². The molecule has 6 nitrogen and oxygen atoms in total. The first-order chi connectivity index (χ1) is 15.3. The standard InChI is InChI=1S/C24H23FN2O4S/c1-26(19-8-6-18(25)7-9-19)32(30,31)22-12-10-20(11-13-22)27-15-17(14-21(29)16-28)23-4-2-3-5-24(23)27/h2-13,15,21,28-29H,14,16H2,1H3. The number of sulfonamides is 1. The summed E-state index contributed by atoms with van der Waals surface area (Å²) in [4.78, 5) is 0.112. The molecule has 3 aromatic carbocycles. The van der Waals surface area contributed by atoms with Crippen LogP contribution in [0.25, 0.3) is 16.6 Å². The SMILES string of the molecule is CN(c1ccc(F)cc1)S(=O)(=O)c1ccc(-n2cc(CC(O)CO)c3ccccc32)cc1. The Labute approximate surface area is 185 Å². The lowest BCUT2D eigenvalue weighted by atomic mass is 10.1. The van der Waals surface area contributed by atoms with Gasteiger partial charge in [-0.2, -0.15) is 0 Å². The molecule has 0 saturated carbocycles. The monoisotopic (exact) mass is 454 g/mol. The molecule has 0 bridgehead atoms. The zero-order valence-corrected chi connectivity index (χ0v) is 18.2. The third-order valence-corrected chi connectivity index (χ3v) is 7.22. The third kappa shape index (κ3) is 4.12. The van der Waals surface area contributed by atoms with Crippen molar-refractivity contribution in [1.82, 2.24) is 4.57 Å². The number of fused-ring (bicyclic) bond motifs is 1. The summed E-state index contributed by atoms with van der Waals surface area (Å²) in [6.45, 7) is -0.326. The maximum Gasteiger partial charge on any atom is 0.264 e. The first-order valence-corrected chi connectivity index (χ1v) is 11.5. The van der Waals surface area contributed by atoms with Gasteiger partial charge < -0.3 is 14.8 Å². The summed E-state index contributed by atoms with van der Waals surface area (Å²) in [6, 6.07) is 19.4. The van der Waals surface area contributed by atoms with Crippen LogP contribution in [-0.4, -0.2) is 43.0 Å². The highest BCUT2D eigenvalue weighted by atomic mass is 32.2. The summed E-state index contributed by atoms with van der Waals surface area (Å²) in [5.74, 6) is -0.436. The predicted molar refractivity (Wildman–Crippen MR) is 122 cm³/mol. The van der Waals surface area contributed by atoms with Crippen molar-refractivity contribution in [1.29, 1.82) is 0 Å². The van der Waals surface area contributed by atoms with Crippen LogP contribution in [0, 0.1) is 5.82 Å². The normalized spacial score (nSPS) is 12.8. The van der Waals surface area contributed by atoms with Gasteiger partial charge in [-0.1, -0.05) is 18.2 Å². The Bertz CT molecular complexity index is 1330. The van der Waals surface area contributed by atoms with Gasteiger partial charge in [0.2, 0.25) is 0 Å². The molecule has 8 heteroatoms. The van der Waals surface area contributed by atoms with Crippen LogP contribution in [0.4, 0.5) is 10.1 Å². The average molecular weight is 455 g/mol. The number of nitrogens with zero attached hydrogens (tertiary/aromatic N) is 2. The van der Waals surface area contributed by atoms with E-state index in [1.807, 2.05) is 35.0 Å². The molecule has 0 aliphatic rings. The molecule has 4 rings (SSSR count). The topological polar surface area (TPSA) is 82.8 Å². The lowest BCUT2D eigenvalue weighted by Gasteiger charge is -2.19. The minimum atomic E-state index is -3.82. The molecule has 0 saturated heterocycles. The Morgan fingerprint density at radius 2 is 1.66 bits per heavy atom. The summed E-state index contributed by atoms with van der Waals surface area (Å²) >= 11 is 0. The van der Waals surface area contributed by atoms with Crippen molar-refractivity contribution in [3.05, 3.63) is 90.4 Å². The second kappa shape index (κ2) is 8.74. The van der Waals surface area contributed by atoms with E-state index in [4.69, 9.17) is 0 Å². The van der Waals surface area contributed by atoms with Gasteiger partial charge in [0.25, 0.3) is 10.0 Å². The van der Waals surface area contributed by atoms with Crippen LogP contribution >= 0.6 is 0 Å². The van der Waals surface area contributed by atoms with Crippen LogP contribution in [0.15, 0.2) is 83.9 Å². The van der Waals surface area contributed by atoms with Gasteiger partial charge in [-0.25, -0.2) is 12.8 Å². The van der Waals surface area contributed by atoms with Crippen LogP contribution < -0.4 is 4.31 Å². The summed E-state index contributed by atoms with van der Waals surface area (Å²) in [5, 5.41) is 20.0. The van der Waals surface area contributed by atoms with Gasteiger partial charge in [-0.15, -0.1) is 0 Å². The number of hydrogen-bond acceptors (Lipinski definition) is 4.